The Kier molecular flexibility index (Phi) is 5.19. The third-order valence-corrected chi connectivity index (χ3v) is 6.35. The van der Waals surface area contributed by atoms with E-state index in [9.17, 15) is 14.4 Å². The molecule has 7 nitrogen and oxygen atoms in total. The zero-order valence-corrected chi connectivity index (χ0v) is 17.4. The van der Waals surface area contributed by atoms with Gasteiger partial charge in [0, 0.05) is 43.9 Å². The Morgan fingerprint density at radius 1 is 0.968 bits per heavy atom. The maximum atomic E-state index is 12.8. The molecule has 160 valence electrons. The fraction of sp³-hybridized carbons (Fsp3) is 0.375. The van der Waals surface area contributed by atoms with Gasteiger partial charge in [0.2, 0.25) is 11.8 Å². The molecule has 1 saturated heterocycles. The number of piperidine rings is 1. The minimum Gasteiger partial charge on any atom is -0.385 e. The van der Waals surface area contributed by atoms with Crippen LogP contribution in [-0.2, 0) is 35.6 Å². The van der Waals surface area contributed by atoms with Crippen LogP contribution in [0.4, 0.5) is 5.69 Å². The third kappa shape index (κ3) is 3.93. The van der Waals surface area contributed by atoms with Gasteiger partial charge in [-0.1, -0.05) is 24.3 Å². The van der Waals surface area contributed by atoms with Gasteiger partial charge in [0.25, 0.3) is 5.91 Å². The van der Waals surface area contributed by atoms with E-state index in [0.717, 1.165) is 30.6 Å². The molecule has 0 spiro atoms. The van der Waals surface area contributed by atoms with Crippen molar-refractivity contribution in [1.29, 1.82) is 0 Å². The van der Waals surface area contributed by atoms with Crippen molar-refractivity contribution in [2.75, 3.05) is 11.9 Å². The number of carbonyl (C=O) groups is 3. The predicted octanol–water partition coefficient (Wildman–Crippen LogP) is 2.10. The smallest absolute Gasteiger partial charge is 0.255 e. The number of amides is 3. The van der Waals surface area contributed by atoms with Crippen molar-refractivity contribution in [3.8, 4) is 0 Å². The molecule has 1 fully saturated rings. The molecule has 3 aliphatic heterocycles. The number of hydrogen-bond donors (Lipinski definition) is 3. The summed E-state index contributed by atoms with van der Waals surface area (Å²) < 4.78 is 0. The van der Waals surface area contributed by atoms with E-state index in [0.29, 0.717) is 25.1 Å². The molecular weight excluding hydrogens is 392 g/mol. The lowest BCUT2D eigenvalue weighted by Crippen LogP contribution is -2.52. The molecule has 3 N–H and O–H groups in total. The molecule has 2 aromatic rings. The summed E-state index contributed by atoms with van der Waals surface area (Å²) in [6.07, 6.45) is 2.95. The van der Waals surface area contributed by atoms with E-state index in [-0.39, 0.29) is 24.1 Å². The second-order valence-electron chi connectivity index (χ2n) is 8.52. The Morgan fingerprint density at radius 3 is 2.55 bits per heavy atom. The van der Waals surface area contributed by atoms with E-state index in [1.54, 1.807) is 4.90 Å². The van der Waals surface area contributed by atoms with Crippen LogP contribution in [0, 0.1) is 0 Å². The van der Waals surface area contributed by atoms with E-state index in [1.165, 1.54) is 23.2 Å². The average molecular weight is 418 g/mol. The standard InChI is InChI=1S/C24H26N4O3/c29-22-8-7-21(23(30)27-22)28-14-18-11-15(3-5-19(18)24(28)31)12-25-13-16-4-6-20-17(10-16)2-1-9-26-20/h3-6,10-11,21,25-26H,1-2,7-9,12-14H2,(H,27,29,30). The monoisotopic (exact) mass is 418 g/mol. The summed E-state index contributed by atoms with van der Waals surface area (Å²) in [6.45, 7) is 2.94. The second kappa shape index (κ2) is 8.15. The highest BCUT2D eigenvalue weighted by molar-refractivity contribution is 6.05. The van der Waals surface area contributed by atoms with Crippen LogP contribution in [-0.4, -0.2) is 35.2 Å². The molecule has 0 bridgehead atoms. The highest BCUT2D eigenvalue weighted by Gasteiger charge is 2.38. The van der Waals surface area contributed by atoms with Gasteiger partial charge in [-0.25, -0.2) is 0 Å². The Hall–Kier alpha value is -3.19. The van der Waals surface area contributed by atoms with Gasteiger partial charge in [0.1, 0.15) is 6.04 Å². The van der Waals surface area contributed by atoms with Gasteiger partial charge in [-0.15, -0.1) is 0 Å². The third-order valence-electron chi connectivity index (χ3n) is 6.35. The fourth-order valence-electron chi connectivity index (χ4n) is 4.73. The van der Waals surface area contributed by atoms with Crippen molar-refractivity contribution in [3.63, 3.8) is 0 Å². The number of carbonyl (C=O) groups excluding carboxylic acids is 3. The number of hydrogen-bond acceptors (Lipinski definition) is 5. The lowest BCUT2D eigenvalue weighted by molar-refractivity contribution is -0.136. The summed E-state index contributed by atoms with van der Waals surface area (Å²) in [4.78, 5) is 38.0. The molecule has 3 heterocycles. The number of imide groups is 1. The molecule has 5 rings (SSSR count). The van der Waals surface area contributed by atoms with Crippen LogP contribution in [0.15, 0.2) is 36.4 Å². The maximum Gasteiger partial charge on any atom is 0.255 e. The lowest BCUT2D eigenvalue weighted by atomic mass is 10.0. The number of anilines is 1. The molecule has 0 saturated carbocycles. The first-order valence-electron chi connectivity index (χ1n) is 10.9. The molecule has 0 radical (unpaired) electrons. The van der Waals surface area contributed by atoms with Crippen LogP contribution in [0.25, 0.3) is 0 Å². The van der Waals surface area contributed by atoms with Gasteiger partial charge in [-0.05, 0) is 53.6 Å². The van der Waals surface area contributed by atoms with Gasteiger partial charge in [-0.2, -0.15) is 0 Å². The minimum absolute atomic E-state index is 0.133. The van der Waals surface area contributed by atoms with Crippen LogP contribution < -0.4 is 16.0 Å². The first-order chi connectivity index (χ1) is 15.1. The van der Waals surface area contributed by atoms with E-state index < -0.39 is 6.04 Å². The van der Waals surface area contributed by atoms with Crippen molar-refractivity contribution >= 4 is 23.4 Å². The fourth-order valence-corrected chi connectivity index (χ4v) is 4.73. The van der Waals surface area contributed by atoms with Crippen molar-refractivity contribution in [2.45, 2.75) is 51.4 Å². The lowest BCUT2D eigenvalue weighted by Gasteiger charge is -2.29. The van der Waals surface area contributed by atoms with E-state index >= 15 is 0 Å². The molecule has 0 aromatic heterocycles. The average Bonchev–Trinajstić information content (AvgIpc) is 3.09. The van der Waals surface area contributed by atoms with Crippen LogP contribution >= 0.6 is 0 Å². The summed E-state index contributed by atoms with van der Waals surface area (Å²) >= 11 is 0. The van der Waals surface area contributed by atoms with E-state index in [1.807, 2.05) is 18.2 Å². The number of rotatable bonds is 5. The number of aryl methyl sites for hydroxylation is 1. The minimum atomic E-state index is -0.572. The number of nitrogens with zero attached hydrogens (tertiary/aromatic N) is 1. The highest BCUT2D eigenvalue weighted by Crippen LogP contribution is 2.28. The first-order valence-corrected chi connectivity index (χ1v) is 10.9. The summed E-state index contributed by atoms with van der Waals surface area (Å²) in [6, 6.07) is 11.9. The second-order valence-corrected chi connectivity index (χ2v) is 8.52. The van der Waals surface area contributed by atoms with E-state index in [2.05, 4.69) is 34.1 Å². The Morgan fingerprint density at radius 2 is 1.74 bits per heavy atom. The summed E-state index contributed by atoms with van der Waals surface area (Å²) in [5.41, 5.74) is 6.60. The molecule has 3 aliphatic rings. The van der Waals surface area contributed by atoms with Crippen molar-refractivity contribution in [3.05, 3.63) is 64.2 Å². The van der Waals surface area contributed by atoms with Crippen LogP contribution in [0.3, 0.4) is 0 Å². The largest absolute Gasteiger partial charge is 0.385 e. The first kappa shape index (κ1) is 19.8. The van der Waals surface area contributed by atoms with Crippen LogP contribution in [0.5, 0.6) is 0 Å². The number of nitrogens with one attached hydrogen (secondary N) is 3. The summed E-state index contributed by atoms with van der Waals surface area (Å²) in [7, 11) is 0. The van der Waals surface area contributed by atoms with Crippen molar-refractivity contribution < 1.29 is 14.4 Å². The van der Waals surface area contributed by atoms with Gasteiger partial charge in [-0.3, -0.25) is 19.7 Å². The summed E-state index contributed by atoms with van der Waals surface area (Å²) in [5.74, 6) is -0.778. The van der Waals surface area contributed by atoms with Gasteiger partial charge in [0.05, 0.1) is 0 Å². The Bertz CT molecular complexity index is 1060. The number of benzene rings is 2. The molecule has 1 unspecified atom stereocenters. The quantitative estimate of drug-likeness (QED) is 0.647. The van der Waals surface area contributed by atoms with Gasteiger partial charge >= 0.3 is 0 Å². The molecule has 2 aromatic carbocycles. The van der Waals surface area contributed by atoms with Crippen molar-refractivity contribution in [1.82, 2.24) is 15.5 Å². The Labute approximate surface area is 181 Å². The molecule has 1 atom stereocenters. The predicted molar refractivity (Wildman–Crippen MR) is 116 cm³/mol. The van der Waals surface area contributed by atoms with Crippen molar-refractivity contribution in [2.24, 2.45) is 0 Å². The van der Waals surface area contributed by atoms with E-state index in [4.69, 9.17) is 0 Å². The zero-order chi connectivity index (χ0) is 21.4. The SMILES string of the molecule is O=C1CCC(N2Cc3cc(CNCc4ccc5c(c4)CCCN5)ccc3C2=O)C(=O)N1. The summed E-state index contributed by atoms with van der Waals surface area (Å²) in [5, 5.41) is 9.27. The Balaban J connectivity index is 1.21. The molecule has 0 aliphatic carbocycles. The highest BCUT2D eigenvalue weighted by atomic mass is 16.2. The van der Waals surface area contributed by atoms with Crippen LogP contribution in [0.1, 0.15) is 51.9 Å². The number of fused-ring (bicyclic) bond motifs is 2. The molecule has 3 amide bonds. The zero-order valence-electron chi connectivity index (χ0n) is 17.4. The topological polar surface area (TPSA) is 90.5 Å². The molecule has 31 heavy (non-hydrogen) atoms. The molecular formula is C24H26N4O3. The maximum absolute atomic E-state index is 12.8. The molecule has 7 heteroatoms. The van der Waals surface area contributed by atoms with Gasteiger partial charge in [0.15, 0.2) is 0 Å². The van der Waals surface area contributed by atoms with Gasteiger partial charge < -0.3 is 15.5 Å². The van der Waals surface area contributed by atoms with Crippen LogP contribution in [0.2, 0.25) is 0 Å². The normalized spacial score (nSPS) is 20.2.